The molecule has 0 atom stereocenters. The molecule has 2 aromatic rings. The minimum absolute atomic E-state index is 0.0458. The molecule has 1 fully saturated rings. The number of likely N-dealkylation sites (N-methyl/N-ethyl adjacent to an activating group) is 1. The average molecular weight is 384 g/mol. The fraction of sp³-hybridized carbons (Fsp3) is 0.522. The van der Waals surface area contributed by atoms with Crippen molar-refractivity contribution in [2.45, 2.75) is 58.2 Å². The largest absolute Gasteiger partial charge is 0.464 e. The van der Waals surface area contributed by atoms with Crippen LogP contribution in [-0.2, 0) is 17.9 Å². The van der Waals surface area contributed by atoms with Gasteiger partial charge in [0.05, 0.1) is 13.1 Å². The van der Waals surface area contributed by atoms with Gasteiger partial charge in [0, 0.05) is 25.3 Å². The number of hydrogen-bond donors (Lipinski definition) is 1. The molecular formula is C23H33N3O2. The van der Waals surface area contributed by atoms with Crippen molar-refractivity contribution in [2.24, 2.45) is 0 Å². The fourth-order valence-electron chi connectivity index (χ4n) is 3.95. The first-order chi connectivity index (χ1) is 13.5. The maximum absolute atomic E-state index is 12.5. The Morgan fingerprint density at radius 1 is 1.07 bits per heavy atom. The van der Waals surface area contributed by atoms with Gasteiger partial charge in [-0.1, -0.05) is 37.5 Å². The number of carbonyl (C=O) groups excluding carboxylic acids is 1. The second-order valence-corrected chi connectivity index (χ2v) is 7.98. The minimum atomic E-state index is 0.0458. The Morgan fingerprint density at radius 2 is 1.82 bits per heavy atom. The lowest BCUT2D eigenvalue weighted by atomic mass is 9.94. The fourth-order valence-corrected chi connectivity index (χ4v) is 3.95. The summed E-state index contributed by atoms with van der Waals surface area (Å²) in [5, 5.41) is 3.34. The first-order valence-electron chi connectivity index (χ1n) is 10.3. The van der Waals surface area contributed by atoms with Crippen LogP contribution in [0.25, 0.3) is 0 Å². The van der Waals surface area contributed by atoms with Crippen molar-refractivity contribution in [3.05, 3.63) is 53.5 Å². The standard InChI is InChI=1S/C23H33N3O2/c1-18-13-14-21(28-18)17-26(3)23(27)15-24-22-12-8-7-9-19(22)16-25(2)20-10-5-4-6-11-20/h7-9,12-14,20,24H,4-6,10-11,15-17H2,1-3H3. The van der Waals surface area contributed by atoms with Crippen LogP contribution in [0.4, 0.5) is 5.69 Å². The number of rotatable bonds is 8. The van der Waals surface area contributed by atoms with Crippen LogP contribution in [0, 0.1) is 6.92 Å². The van der Waals surface area contributed by atoms with Crippen molar-refractivity contribution < 1.29 is 9.21 Å². The molecular weight excluding hydrogens is 350 g/mol. The molecule has 0 unspecified atom stereocenters. The maximum Gasteiger partial charge on any atom is 0.242 e. The third-order valence-corrected chi connectivity index (χ3v) is 5.68. The number of nitrogens with one attached hydrogen (secondary N) is 1. The van der Waals surface area contributed by atoms with E-state index in [4.69, 9.17) is 4.42 Å². The number of amides is 1. The number of nitrogens with zero attached hydrogens (tertiary/aromatic N) is 2. The van der Waals surface area contributed by atoms with E-state index < -0.39 is 0 Å². The molecule has 0 aliphatic heterocycles. The molecule has 1 aliphatic carbocycles. The Balaban J connectivity index is 1.54. The zero-order valence-electron chi connectivity index (χ0n) is 17.4. The summed E-state index contributed by atoms with van der Waals surface area (Å²) in [6, 6.07) is 12.8. The van der Waals surface area contributed by atoms with E-state index in [0.29, 0.717) is 12.6 Å². The van der Waals surface area contributed by atoms with Gasteiger partial charge in [-0.05, 0) is 50.6 Å². The maximum atomic E-state index is 12.5. The van der Waals surface area contributed by atoms with Crippen molar-refractivity contribution in [2.75, 3.05) is 26.0 Å². The molecule has 1 heterocycles. The van der Waals surface area contributed by atoms with Gasteiger partial charge in [-0.2, -0.15) is 0 Å². The number of anilines is 1. The van der Waals surface area contributed by atoms with Crippen LogP contribution in [0.15, 0.2) is 40.8 Å². The molecule has 0 saturated heterocycles. The predicted octanol–water partition coefficient (Wildman–Crippen LogP) is 4.42. The van der Waals surface area contributed by atoms with Crippen LogP contribution in [0.5, 0.6) is 0 Å². The minimum Gasteiger partial charge on any atom is -0.464 e. The summed E-state index contributed by atoms with van der Waals surface area (Å²) in [6.45, 7) is 3.58. The van der Waals surface area contributed by atoms with Gasteiger partial charge in [0.1, 0.15) is 11.5 Å². The van der Waals surface area contributed by atoms with Gasteiger partial charge in [-0.25, -0.2) is 0 Å². The molecule has 1 N–H and O–H groups in total. The zero-order chi connectivity index (χ0) is 19.9. The first-order valence-corrected chi connectivity index (χ1v) is 10.3. The number of hydrogen-bond acceptors (Lipinski definition) is 4. The van der Waals surface area contributed by atoms with E-state index in [-0.39, 0.29) is 12.5 Å². The van der Waals surface area contributed by atoms with Crippen LogP contribution >= 0.6 is 0 Å². The van der Waals surface area contributed by atoms with Gasteiger partial charge in [0.2, 0.25) is 5.91 Å². The molecule has 1 aliphatic rings. The summed E-state index contributed by atoms with van der Waals surface area (Å²) in [5.74, 6) is 1.72. The van der Waals surface area contributed by atoms with Gasteiger partial charge >= 0.3 is 0 Å². The normalized spacial score (nSPS) is 15.0. The van der Waals surface area contributed by atoms with Gasteiger partial charge < -0.3 is 14.6 Å². The average Bonchev–Trinajstić information content (AvgIpc) is 3.12. The molecule has 5 nitrogen and oxygen atoms in total. The van der Waals surface area contributed by atoms with Crippen molar-refractivity contribution in [1.82, 2.24) is 9.80 Å². The third-order valence-electron chi connectivity index (χ3n) is 5.68. The summed E-state index contributed by atoms with van der Waals surface area (Å²) in [6.07, 6.45) is 6.63. The molecule has 1 saturated carbocycles. The first kappa shape index (κ1) is 20.5. The SMILES string of the molecule is Cc1ccc(CN(C)C(=O)CNc2ccccc2CN(C)C2CCCCC2)o1. The van der Waals surface area contributed by atoms with Crippen LogP contribution in [0.2, 0.25) is 0 Å². The summed E-state index contributed by atoms with van der Waals surface area (Å²) in [4.78, 5) is 16.7. The summed E-state index contributed by atoms with van der Waals surface area (Å²) in [5.41, 5.74) is 2.29. The van der Waals surface area contributed by atoms with Crippen molar-refractivity contribution in [1.29, 1.82) is 0 Å². The quantitative estimate of drug-likeness (QED) is 0.733. The molecule has 1 amide bonds. The monoisotopic (exact) mass is 383 g/mol. The van der Waals surface area contributed by atoms with Crippen molar-refractivity contribution >= 4 is 11.6 Å². The summed E-state index contributed by atoms with van der Waals surface area (Å²) < 4.78 is 5.57. The van der Waals surface area contributed by atoms with E-state index in [1.54, 1.807) is 4.90 Å². The van der Waals surface area contributed by atoms with Crippen molar-refractivity contribution in [3.8, 4) is 0 Å². The molecule has 1 aromatic carbocycles. The molecule has 1 aromatic heterocycles. The lowest BCUT2D eigenvalue weighted by molar-refractivity contribution is -0.128. The third kappa shape index (κ3) is 5.61. The van der Waals surface area contributed by atoms with E-state index in [0.717, 1.165) is 23.8 Å². The van der Waals surface area contributed by atoms with Gasteiger partial charge in [0.25, 0.3) is 0 Å². The van der Waals surface area contributed by atoms with E-state index in [1.807, 2.05) is 32.2 Å². The number of carbonyl (C=O) groups is 1. The molecule has 0 bridgehead atoms. The van der Waals surface area contributed by atoms with E-state index >= 15 is 0 Å². The van der Waals surface area contributed by atoms with E-state index in [9.17, 15) is 4.79 Å². The topological polar surface area (TPSA) is 48.7 Å². The number of furan rings is 1. The highest BCUT2D eigenvalue weighted by molar-refractivity contribution is 5.80. The predicted molar refractivity (Wildman–Crippen MR) is 113 cm³/mol. The smallest absolute Gasteiger partial charge is 0.242 e. The lowest BCUT2D eigenvalue weighted by Gasteiger charge is -2.31. The second-order valence-electron chi connectivity index (χ2n) is 7.98. The molecule has 5 heteroatoms. The summed E-state index contributed by atoms with van der Waals surface area (Å²) in [7, 11) is 4.03. The lowest BCUT2D eigenvalue weighted by Crippen LogP contribution is -2.34. The number of para-hydroxylation sites is 1. The Kier molecular flexibility index (Phi) is 7.15. The Hall–Kier alpha value is -2.27. The molecule has 152 valence electrons. The molecule has 3 rings (SSSR count). The van der Waals surface area contributed by atoms with Crippen LogP contribution in [-0.4, -0.2) is 42.4 Å². The van der Waals surface area contributed by atoms with Crippen LogP contribution in [0.3, 0.4) is 0 Å². The van der Waals surface area contributed by atoms with E-state index in [1.165, 1.54) is 37.7 Å². The van der Waals surface area contributed by atoms with E-state index in [2.05, 4.69) is 35.5 Å². The highest BCUT2D eigenvalue weighted by atomic mass is 16.3. The number of benzene rings is 1. The zero-order valence-corrected chi connectivity index (χ0v) is 17.4. The highest BCUT2D eigenvalue weighted by Crippen LogP contribution is 2.24. The highest BCUT2D eigenvalue weighted by Gasteiger charge is 2.19. The Bertz CT molecular complexity index is 765. The summed E-state index contributed by atoms with van der Waals surface area (Å²) >= 11 is 0. The van der Waals surface area contributed by atoms with Gasteiger partial charge in [-0.15, -0.1) is 0 Å². The van der Waals surface area contributed by atoms with Gasteiger partial charge in [-0.3, -0.25) is 9.69 Å². The van der Waals surface area contributed by atoms with Crippen LogP contribution in [0.1, 0.15) is 49.2 Å². The second kappa shape index (κ2) is 9.78. The molecule has 28 heavy (non-hydrogen) atoms. The molecule has 0 spiro atoms. The van der Waals surface area contributed by atoms with Crippen LogP contribution < -0.4 is 5.32 Å². The number of aryl methyl sites for hydroxylation is 1. The van der Waals surface area contributed by atoms with Crippen molar-refractivity contribution in [3.63, 3.8) is 0 Å². The van der Waals surface area contributed by atoms with Gasteiger partial charge in [0.15, 0.2) is 0 Å². The Morgan fingerprint density at radius 3 is 2.54 bits per heavy atom. The molecule has 0 radical (unpaired) electrons. The Labute approximate surface area is 168 Å².